The van der Waals surface area contributed by atoms with Crippen molar-refractivity contribution >= 4 is 0 Å². The number of aromatic nitrogens is 2. The van der Waals surface area contributed by atoms with Crippen LogP contribution < -0.4 is 0 Å². The zero-order valence-electron chi connectivity index (χ0n) is 7.58. The molecule has 12 heavy (non-hydrogen) atoms. The maximum Gasteiger partial charge on any atom is 0.135 e. The Bertz CT molecular complexity index is 255. The van der Waals surface area contributed by atoms with Crippen molar-refractivity contribution in [3.63, 3.8) is 0 Å². The van der Waals surface area contributed by atoms with Crippen molar-refractivity contribution in [2.45, 2.75) is 32.9 Å². The minimum Gasteiger partial charge on any atom is -0.372 e. The highest BCUT2D eigenvalue weighted by atomic mass is 16.5. The summed E-state index contributed by atoms with van der Waals surface area (Å²) in [6.45, 7) is 6.77. The second kappa shape index (κ2) is 2.90. The highest BCUT2D eigenvalue weighted by Crippen LogP contribution is 2.16. The van der Waals surface area contributed by atoms with Crippen LogP contribution in [-0.2, 0) is 17.9 Å². The van der Waals surface area contributed by atoms with Gasteiger partial charge in [-0.1, -0.05) is 13.8 Å². The molecule has 2 rings (SSSR count). The summed E-state index contributed by atoms with van der Waals surface area (Å²) in [5, 5.41) is 0. The average molecular weight is 166 g/mol. The summed E-state index contributed by atoms with van der Waals surface area (Å²) in [5.41, 5.74) is 1.18. The minimum atomic E-state index is 0.517. The summed E-state index contributed by atoms with van der Waals surface area (Å²) in [7, 11) is 0. The van der Waals surface area contributed by atoms with E-state index in [1.165, 1.54) is 5.69 Å². The Balaban J connectivity index is 2.32. The lowest BCUT2D eigenvalue weighted by atomic mass is 10.2. The summed E-state index contributed by atoms with van der Waals surface area (Å²) in [6, 6.07) is 0. The lowest BCUT2D eigenvalue weighted by Gasteiger charge is -2.13. The van der Waals surface area contributed by atoms with E-state index in [4.69, 9.17) is 4.74 Å². The fourth-order valence-corrected chi connectivity index (χ4v) is 1.39. The van der Waals surface area contributed by atoms with E-state index >= 15 is 0 Å². The van der Waals surface area contributed by atoms with Crippen molar-refractivity contribution in [3.05, 3.63) is 17.7 Å². The molecule has 1 aliphatic rings. The minimum absolute atomic E-state index is 0.517. The Labute approximate surface area is 72.4 Å². The number of ether oxygens (including phenoxy) is 1. The predicted octanol–water partition coefficient (Wildman–Crippen LogP) is 1.54. The lowest BCUT2D eigenvalue weighted by Crippen LogP contribution is -2.15. The Morgan fingerprint density at radius 3 is 3.08 bits per heavy atom. The van der Waals surface area contributed by atoms with Gasteiger partial charge in [0.2, 0.25) is 0 Å². The first-order valence-corrected chi connectivity index (χ1v) is 4.41. The van der Waals surface area contributed by atoms with E-state index in [1.54, 1.807) is 0 Å². The van der Waals surface area contributed by atoms with Crippen LogP contribution >= 0.6 is 0 Å². The largest absolute Gasteiger partial charge is 0.372 e. The summed E-state index contributed by atoms with van der Waals surface area (Å²) >= 11 is 0. The molecule has 0 atom stereocenters. The van der Waals surface area contributed by atoms with Crippen molar-refractivity contribution in [2.24, 2.45) is 0 Å². The first-order valence-electron chi connectivity index (χ1n) is 4.41. The average Bonchev–Trinajstić information content (AvgIpc) is 2.46. The zero-order valence-corrected chi connectivity index (χ0v) is 7.58. The molecule has 1 aromatic rings. The quantitative estimate of drug-likeness (QED) is 0.632. The van der Waals surface area contributed by atoms with Gasteiger partial charge in [0.15, 0.2) is 0 Å². The Morgan fingerprint density at radius 2 is 2.42 bits per heavy atom. The predicted molar refractivity (Wildman–Crippen MR) is 46.0 cm³/mol. The topological polar surface area (TPSA) is 27.1 Å². The Hall–Kier alpha value is -0.830. The summed E-state index contributed by atoms with van der Waals surface area (Å²) in [6.07, 6.45) is 2.14. The van der Waals surface area contributed by atoms with Crippen LogP contribution in [0.15, 0.2) is 6.20 Å². The van der Waals surface area contributed by atoms with Crippen LogP contribution in [0, 0.1) is 0 Å². The molecule has 0 bridgehead atoms. The molecular formula is C9H14N2O. The Morgan fingerprint density at radius 1 is 1.58 bits per heavy atom. The van der Waals surface area contributed by atoms with Gasteiger partial charge in [0.25, 0.3) is 0 Å². The highest BCUT2D eigenvalue weighted by Gasteiger charge is 2.13. The number of imidazole rings is 1. The maximum absolute atomic E-state index is 5.31. The molecule has 1 aromatic heterocycles. The van der Waals surface area contributed by atoms with Crippen LogP contribution in [0.25, 0.3) is 0 Å². The number of hydrogen-bond donors (Lipinski definition) is 0. The first kappa shape index (κ1) is 7.80. The van der Waals surface area contributed by atoms with E-state index in [0.29, 0.717) is 12.5 Å². The van der Waals surface area contributed by atoms with Gasteiger partial charge in [-0.2, -0.15) is 0 Å². The van der Waals surface area contributed by atoms with Crippen molar-refractivity contribution < 1.29 is 4.74 Å². The van der Waals surface area contributed by atoms with Crippen LogP contribution in [0.2, 0.25) is 0 Å². The monoisotopic (exact) mass is 166 g/mol. The van der Waals surface area contributed by atoms with E-state index in [0.717, 1.165) is 19.0 Å². The van der Waals surface area contributed by atoms with Crippen molar-refractivity contribution in [3.8, 4) is 0 Å². The number of rotatable bonds is 1. The molecule has 0 unspecified atom stereocenters. The molecule has 1 aliphatic heterocycles. The molecule has 0 saturated carbocycles. The van der Waals surface area contributed by atoms with Gasteiger partial charge in [-0.15, -0.1) is 0 Å². The molecule has 0 saturated heterocycles. The molecule has 3 nitrogen and oxygen atoms in total. The SMILES string of the molecule is CC(C)c1cn2c(n1)COCC2. The molecule has 0 amide bonds. The second-order valence-corrected chi connectivity index (χ2v) is 3.48. The highest BCUT2D eigenvalue weighted by molar-refractivity contribution is 5.08. The van der Waals surface area contributed by atoms with E-state index in [2.05, 4.69) is 29.6 Å². The maximum atomic E-state index is 5.31. The van der Waals surface area contributed by atoms with Crippen LogP contribution in [0.4, 0.5) is 0 Å². The van der Waals surface area contributed by atoms with Gasteiger partial charge in [0.1, 0.15) is 12.4 Å². The fourth-order valence-electron chi connectivity index (χ4n) is 1.39. The smallest absolute Gasteiger partial charge is 0.135 e. The molecule has 0 aliphatic carbocycles. The molecule has 0 fully saturated rings. The van der Waals surface area contributed by atoms with Gasteiger partial charge in [-0.25, -0.2) is 4.98 Å². The van der Waals surface area contributed by atoms with Gasteiger partial charge in [0.05, 0.1) is 12.3 Å². The van der Waals surface area contributed by atoms with E-state index in [1.807, 2.05) is 0 Å². The molecule has 0 spiro atoms. The fraction of sp³-hybridized carbons (Fsp3) is 0.667. The zero-order chi connectivity index (χ0) is 8.55. The van der Waals surface area contributed by atoms with Gasteiger partial charge in [0, 0.05) is 12.7 Å². The van der Waals surface area contributed by atoms with Gasteiger partial charge in [-0.05, 0) is 5.92 Å². The third-order valence-electron chi connectivity index (χ3n) is 2.18. The van der Waals surface area contributed by atoms with Crippen LogP contribution in [0.5, 0.6) is 0 Å². The summed E-state index contributed by atoms with van der Waals surface area (Å²) < 4.78 is 7.50. The van der Waals surface area contributed by atoms with Crippen LogP contribution in [-0.4, -0.2) is 16.2 Å². The standard InChI is InChI=1S/C9H14N2O/c1-7(2)8-5-11-3-4-12-6-9(11)10-8/h5,7H,3-4,6H2,1-2H3. The number of fused-ring (bicyclic) bond motifs is 1. The first-order chi connectivity index (χ1) is 5.77. The third kappa shape index (κ3) is 1.25. The molecule has 0 aromatic carbocycles. The van der Waals surface area contributed by atoms with Crippen molar-refractivity contribution in [1.29, 1.82) is 0 Å². The molecule has 0 N–H and O–H groups in total. The molecule has 2 heterocycles. The molecule has 66 valence electrons. The summed E-state index contributed by atoms with van der Waals surface area (Å²) in [4.78, 5) is 4.49. The van der Waals surface area contributed by atoms with Crippen molar-refractivity contribution in [2.75, 3.05) is 6.61 Å². The molecular weight excluding hydrogens is 152 g/mol. The normalized spacial score (nSPS) is 16.6. The number of nitrogens with zero attached hydrogens (tertiary/aromatic N) is 2. The van der Waals surface area contributed by atoms with E-state index < -0.39 is 0 Å². The second-order valence-electron chi connectivity index (χ2n) is 3.48. The van der Waals surface area contributed by atoms with Crippen LogP contribution in [0.3, 0.4) is 0 Å². The van der Waals surface area contributed by atoms with E-state index in [9.17, 15) is 0 Å². The van der Waals surface area contributed by atoms with Gasteiger partial charge in [-0.3, -0.25) is 0 Å². The Kier molecular flexibility index (Phi) is 1.89. The molecule has 3 heteroatoms. The molecule has 0 radical (unpaired) electrons. The van der Waals surface area contributed by atoms with E-state index in [-0.39, 0.29) is 0 Å². The summed E-state index contributed by atoms with van der Waals surface area (Å²) in [5.74, 6) is 1.59. The number of hydrogen-bond acceptors (Lipinski definition) is 2. The third-order valence-corrected chi connectivity index (χ3v) is 2.18. The van der Waals surface area contributed by atoms with Crippen molar-refractivity contribution in [1.82, 2.24) is 9.55 Å². The van der Waals surface area contributed by atoms with Crippen LogP contribution in [0.1, 0.15) is 31.3 Å². The van der Waals surface area contributed by atoms with Gasteiger partial charge >= 0.3 is 0 Å². The lowest BCUT2D eigenvalue weighted by molar-refractivity contribution is 0.0816. The van der Waals surface area contributed by atoms with Gasteiger partial charge < -0.3 is 9.30 Å².